The highest BCUT2D eigenvalue weighted by atomic mass is 16.5. The Morgan fingerprint density at radius 2 is 1.93 bits per heavy atom. The number of para-hydroxylation sites is 1. The van der Waals surface area contributed by atoms with E-state index < -0.39 is 0 Å². The van der Waals surface area contributed by atoms with Gasteiger partial charge < -0.3 is 20.4 Å². The van der Waals surface area contributed by atoms with E-state index >= 15 is 0 Å². The van der Waals surface area contributed by atoms with Crippen molar-refractivity contribution in [2.45, 2.75) is 26.9 Å². The smallest absolute Gasteiger partial charge is 0.193 e. The minimum absolute atomic E-state index is 0.339. The zero-order valence-corrected chi connectivity index (χ0v) is 15.7. The second-order valence-corrected chi connectivity index (χ2v) is 6.66. The summed E-state index contributed by atoms with van der Waals surface area (Å²) in [5.41, 5.74) is 6.85. The number of aromatic nitrogens is 2. The minimum Gasteiger partial charge on any atom is -0.457 e. The van der Waals surface area contributed by atoms with Gasteiger partial charge in [-0.1, -0.05) is 38.1 Å². The molecule has 140 valence electrons. The average molecular weight is 363 g/mol. The van der Waals surface area contributed by atoms with Gasteiger partial charge >= 0.3 is 0 Å². The van der Waals surface area contributed by atoms with Crippen LogP contribution in [0, 0.1) is 5.92 Å². The quantitative estimate of drug-likeness (QED) is 0.486. The van der Waals surface area contributed by atoms with E-state index in [2.05, 4.69) is 33.7 Å². The fourth-order valence-electron chi connectivity index (χ4n) is 2.66. The van der Waals surface area contributed by atoms with Crippen molar-refractivity contribution in [1.29, 1.82) is 0 Å². The van der Waals surface area contributed by atoms with Crippen LogP contribution in [-0.2, 0) is 13.1 Å². The Bertz CT molecular complexity index is 886. The summed E-state index contributed by atoms with van der Waals surface area (Å²) in [7, 11) is 0. The normalized spacial score (nSPS) is 11.6. The van der Waals surface area contributed by atoms with Crippen molar-refractivity contribution < 1.29 is 4.74 Å². The van der Waals surface area contributed by atoms with Crippen LogP contribution >= 0.6 is 0 Å². The van der Waals surface area contributed by atoms with E-state index in [1.54, 1.807) is 6.20 Å². The SMILES string of the molecule is CC(C)Cn1ccnc1CN=C(N)Nc1cccc(Oc2ccccc2)c1. The number of rotatable bonds is 7. The third kappa shape index (κ3) is 5.60. The predicted molar refractivity (Wildman–Crippen MR) is 109 cm³/mol. The minimum atomic E-state index is 0.339. The zero-order valence-electron chi connectivity index (χ0n) is 15.7. The number of guanidine groups is 1. The second-order valence-electron chi connectivity index (χ2n) is 6.66. The molecule has 0 fully saturated rings. The molecule has 0 spiro atoms. The van der Waals surface area contributed by atoms with Gasteiger partial charge in [0, 0.05) is 30.7 Å². The molecule has 3 rings (SSSR count). The fraction of sp³-hybridized carbons (Fsp3) is 0.238. The number of hydrogen-bond donors (Lipinski definition) is 2. The van der Waals surface area contributed by atoms with Crippen molar-refractivity contribution >= 4 is 11.6 Å². The van der Waals surface area contributed by atoms with Crippen LogP contribution in [0.3, 0.4) is 0 Å². The molecule has 1 aromatic heterocycles. The molecule has 6 heteroatoms. The van der Waals surface area contributed by atoms with Crippen molar-refractivity contribution in [3.8, 4) is 11.5 Å². The highest BCUT2D eigenvalue weighted by Gasteiger charge is 2.05. The number of nitrogens with one attached hydrogen (secondary N) is 1. The van der Waals surface area contributed by atoms with E-state index in [9.17, 15) is 0 Å². The van der Waals surface area contributed by atoms with Crippen molar-refractivity contribution in [1.82, 2.24) is 9.55 Å². The van der Waals surface area contributed by atoms with Gasteiger partial charge in [0.15, 0.2) is 5.96 Å². The number of imidazole rings is 1. The lowest BCUT2D eigenvalue weighted by Gasteiger charge is -2.10. The predicted octanol–water partition coefficient (Wildman–Crippen LogP) is 4.26. The molecular formula is C21H25N5O. The molecule has 3 aromatic rings. The van der Waals surface area contributed by atoms with Gasteiger partial charge in [-0.2, -0.15) is 0 Å². The molecule has 0 bridgehead atoms. The lowest BCUT2D eigenvalue weighted by atomic mass is 10.2. The monoisotopic (exact) mass is 363 g/mol. The molecular weight excluding hydrogens is 338 g/mol. The Balaban J connectivity index is 1.62. The Labute approximate surface area is 159 Å². The van der Waals surface area contributed by atoms with E-state index in [0.29, 0.717) is 18.4 Å². The molecule has 1 heterocycles. The number of nitrogens with zero attached hydrogens (tertiary/aromatic N) is 3. The molecule has 0 saturated carbocycles. The van der Waals surface area contributed by atoms with Crippen LogP contribution in [-0.4, -0.2) is 15.5 Å². The van der Waals surface area contributed by atoms with E-state index in [-0.39, 0.29) is 0 Å². The summed E-state index contributed by atoms with van der Waals surface area (Å²) < 4.78 is 7.95. The highest BCUT2D eigenvalue weighted by Crippen LogP contribution is 2.23. The topological polar surface area (TPSA) is 77.5 Å². The Morgan fingerprint density at radius 3 is 2.70 bits per heavy atom. The summed E-state index contributed by atoms with van der Waals surface area (Å²) in [5, 5.41) is 3.10. The van der Waals surface area contributed by atoms with Gasteiger partial charge in [0.25, 0.3) is 0 Å². The van der Waals surface area contributed by atoms with Gasteiger partial charge in [0.1, 0.15) is 23.9 Å². The number of aliphatic imine (C=N–C) groups is 1. The summed E-state index contributed by atoms with van der Waals surface area (Å²) in [6.45, 7) is 5.69. The van der Waals surface area contributed by atoms with Crippen LogP contribution in [0.15, 0.2) is 72.0 Å². The highest BCUT2D eigenvalue weighted by molar-refractivity contribution is 5.92. The van der Waals surface area contributed by atoms with E-state index in [1.807, 2.05) is 60.8 Å². The van der Waals surface area contributed by atoms with Crippen LogP contribution in [0.1, 0.15) is 19.7 Å². The van der Waals surface area contributed by atoms with Gasteiger partial charge in [0.05, 0.1) is 0 Å². The molecule has 3 N–H and O–H groups in total. The molecule has 0 aliphatic carbocycles. The number of benzene rings is 2. The molecule has 27 heavy (non-hydrogen) atoms. The summed E-state index contributed by atoms with van der Waals surface area (Å²) >= 11 is 0. The first kappa shape index (κ1) is 18.5. The van der Waals surface area contributed by atoms with Crippen LogP contribution in [0.2, 0.25) is 0 Å². The first-order chi connectivity index (χ1) is 13.1. The molecule has 0 atom stereocenters. The van der Waals surface area contributed by atoms with Crippen LogP contribution in [0.25, 0.3) is 0 Å². The summed E-state index contributed by atoms with van der Waals surface area (Å²) in [6.07, 6.45) is 3.76. The van der Waals surface area contributed by atoms with E-state index in [4.69, 9.17) is 10.5 Å². The number of hydrogen-bond acceptors (Lipinski definition) is 3. The Morgan fingerprint density at radius 1 is 1.15 bits per heavy atom. The molecule has 0 radical (unpaired) electrons. The number of anilines is 1. The third-order valence-corrected chi connectivity index (χ3v) is 3.84. The molecule has 0 amide bonds. The van der Waals surface area contributed by atoms with Crippen LogP contribution in [0.5, 0.6) is 11.5 Å². The summed E-state index contributed by atoms with van der Waals surface area (Å²) in [4.78, 5) is 8.76. The zero-order chi connectivity index (χ0) is 19.1. The third-order valence-electron chi connectivity index (χ3n) is 3.84. The lowest BCUT2D eigenvalue weighted by molar-refractivity contribution is 0.483. The molecule has 0 saturated heterocycles. The van der Waals surface area contributed by atoms with Gasteiger partial charge in [0.2, 0.25) is 0 Å². The lowest BCUT2D eigenvalue weighted by Crippen LogP contribution is -2.23. The van der Waals surface area contributed by atoms with Gasteiger partial charge in [-0.25, -0.2) is 9.98 Å². The van der Waals surface area contributed by atoms with E-state index in [0.717, 1.165) is 29.6 Å². The molecule has 0 aliphatic heterocycles. The largest absolute Gasteiger partial charge is 0.457 e. The molecule has 0 unspecified atom stereocenters. The first-order valence-corrected chi connectivity index (χ1v) is 9.00. The van der Waals surface area contributed by atoms with Crippen LogP contribution in [0.4, 0.5) is 5.69 Å². The average Bonchev–Trinajstić information content (AvgIpc) is 3.07. The number of ether oxygens (including phenoxy) is 1. The molecule has 0 aliphatic rings. The Kier molecular flexibility index (Phi) is 6.10. The maximum absolute atomic E-state index is 6.04. The van der Waals surface area contributed by atoms with Gasteiger partial charge in [-0.15, -0.1) is 0 Å². The van der Waals surface area contributed by atoms with E-state index in [1.165, 1.54) is 0 Å². The fourth-order valence-corrected chi connectivity index (χ4v) is 2.66. The van der Waals surface area contributed by atoms with Crippen molar-refractivity contribution in [2.75, 3.05) is 5.32 Å². The van der Waals surface area contributed by atoms with Gasteiger partial charge in [-0.05, 0) is 30.2 Å². The maximum Gasteiger partial charge on any atom is 0.193 e. The Hall–Kier alpha value is -3.28. The first-order valence-electron chi connectivity index (χ1n) is 9.00. The van der Waals surface area contributed by atoms with Crippen molar-refractivity contribution in [3.05, 3.63) is 72.8 Å². The maximum atomic E-state index is 6.04. The molecule has 6 nitrogen and oxygen atoms in total. The summed E-state index contributed by atoms with van der Waals surface area (Å²) in [5.74, 6) is 3.30. The van der Waals surface area contributed by atoms with Crippen LogP contribution < -0.4 is 15.8 Å². The second kappa shape index (κ2) is 8.89. The van der Waals surface area contributed by atoms with Gasteiger partial charge in [-0.3, -0.25) is 0 Å². The number of nitrogens with two attached hydrogens (primary N) is 1. The standard InChI is InChI=1S/C21H25N5O/c1-16(2)15-26-12-11-23-20(26)14-24-21(22)25-17-7-6-10-19(13-17)27-18-8-4-3-5-9-18/h3-13,16H,14-15H2,1-2H3,(H3,22,24,25). The summed E-state index contributed by atoms with van der Waals surface area (Å²) in [6, 6.07) is 17.3. The van der Waals surface area contributed by atoms with Crippen molar-refractivity contribution in [3.63, 3.8) is 0 Å². The van der Waals surface area contributed by atoms with Crippen molar-refractivity contribution in [2.24, 2.45) is 16.6 Å². The molecule has 2 aromatic carbocycles.